The van der Waals surface area contributed by atoms with Crippen LogP contribution < -0.4 is 0 Å². The monoisotopic (exact) mass is 339 g/mol. The molecular formula is C21H29N3O. The van der Waals surface area contributed by atoms with Crippen LogP contribution in [0.25, 0.3) is 11.5 Å². The van der Waals surface area contributed by atoms with Gasteiger partial charge in [0.1, 0.15) is 0 Å². The molecule has 1 saturated carbocycles. The van der Waals surface area contributed by atoms with Crippen molar-refractivity contribution in [2.75, 3.05) is 13.1 Å². The first-order chi connectivity index (χ1) is 12.0. The van der Waals surface area contributed by atoms with Crippen LogP contribution >= 0.6 is 0 Å². The van der Waals surface area contributed by atoms with Crippen LogP contribution in [0.1, 0.15) is 57.8 Å². The van der Waals surface area contributed by atoms with Crippen molar-refractivity contribution < 1.29 is 4.52 Å². The van der Waals surface area contributed by atoms with E-state index in [1.807, 2.05) is 0 Å². The summed E-state index contributed by atoms with van der Waals surface area (Å²) in [5.74, 6) is 2.20. The van der Waals surface area contributed by atoms with Gasteiger partial charge in [-0.05, 0) is 67.8 Å². The highest BCUT2D eigenvalue weighted by molar-refractivity contribution is 5.53. The van der Waals surface area contributed by atoms with E-state index in [0.29, 0.717) is 11.8 Å². The molecular weight excluding hydrogens is 310 g/mol. The highest BCUT2D eigenvalue weighted by Gasteiger charge is 2.32. The first-order valence-corrected chi connectivity index (χ1v) is 9.66. The average molecular weight is 339 g/mol. The molecule has 134 valence electrons. The van der Waals surface area contributed by atoms with Gasteiger partial charge < -0.3 is 9.42 Å². The Balaban J connectivity index is 1.37. The molecule has 1 saturated heterocycles. The molecule has 0 N–H and O–H groups in total. The van der Waals surface area contributed by atoms with Crippen LogP contribution in [-0.4, -0.2) is 34.2 Å². The zero-order valence-electron chi connectivity index (χ0n) is 15.7. The van der Waals surface area contributed by atoms with Gasteiger partial charge in [-0.15, -0.1) is 0 Å². The summed E-state index contributed by atoms with van der Waals surface area (Å²) in [6.07, 6.45) is 6.29. The van der Waals surface area contributed by atoms with Gasteiger partial charge in [0.05, 0.1) is 0 Å². The fourth-order valence-corrected chi connectivity index (χ4v) is 3.79. The molecule has 2 aromatic rings. The third-order valence-electron chi connectivity index (χ3n) is 5.65. The molecule has 0 radical (unpaired) electrons. The number of nitrogens with zero attached hydrogens (tertiary/aromatic N) is 3. The Kier molecular flexibility index (Phi) is 4.40. The van der Waals surface area contributed by atoms with Crippen molar-refractivity contribution in [2.45, 2.75) is 64.3 Å². The van der Waals surface area contributed by atoms with Crippen LogP contribution in [0.2, 0.25) is 0 Å². The van der Waals surface area contributed by atoms with E-state index in [1.54, 1.807) is 0 Å². The largest absolute Gasteiger partial charge is 0.334 e. The van der Waals surface area contributed by atoms with Crippen molar-refractivity contribution in [3.63, 3.8) is 0 Å². The van der Waals surface area contributed by atoms with Crippen LogP contribution in [0.3, 0.4) is 0 Å². The van der Waals surface area contributed by atoms with Crippen molar-refractivity contribution in [3.8, 4) is 11.5 Å². The lowest BCUT2D eigenvalue weighted by Gasteiger charge is -2.31. The van der Waals surface area contributed by atoms with E-state index < -0.39 is 0 Å². The van der Waals surface area contributed by atoms with Crippen molar-refractivity contribution >= 4 is 0 Å². The molecule has 4 heteroatoms. The summed E-state index contributed by atoms with van der Waals surface area (Å²) in [6.45, 7) is 9.16. The minimum Gasteiger partial charge on any atom is -0.334 e. The molecule has 1 aromatic heterocycles. The lowest BCUT2D eigenvalue weighted by molar-refractivity contribution is 0.174. The maximum absolute atomic E-state index is 5.52. The van der Waals surface area contributed by atoms with E-state index in [4.69, 9.17) is 4.52 Å². The minimum atomic E-state index is 0.161. The Morgan fingerprint density at radius 2 is 1.72 bits per heavy atom. The number of aromatic nitrogens is 2. The van der Waals surface area contributed by atoms with Crippen LogP contribution in [0.15, 0.2) is 28.8 Å². The zero-order chi connectivity index (χ0) is 17.4. The predicted molar refractivity (Wildman–Crippen MR) is 99.5 cm³/mol. The molecule has 0 bridgehead atoms. The van der Waals surface area contributed by atoms with Gasteiger partial charge in [0.2, 0.25) is 0 Å². The number of likely N-dealkylation sites (tertiary alicyclic amines) is 1. The fourth-order valence-electron chi connectivity index (χ4n) is 3.79. The maximum atomic E-state index is 5.52. The van der Waals surface area contributed by atoms with Crippen LogP contribution in [-0.2, 0) is 11.8 Å². The third kappa shape index (κ3) is 3.95. The third-order valence-corrected chi connectivity index (χ3v) is 5.65. The van der Waals surface area contributed by atoms with E-state index in [9.17, 15) is 0 Å². The average Bonchev–Trinajstić information content (AvgIpc) is 3.34. The molecule has 1 aromatic carbocycles. The molecule has 2 aliphatic rings. The fraction of sp³-hybridized carbons (Fsp3) is 0.619. The Labute approximate surface area is 150 Å². The van der Waals surface area contributed by atoms with Crippen LogP contribution in [0.4, 0.5) is 0 Å². The maximum Gasteiger partial charge on any atom is 0.257 e. The normalized spacial score (nSPS) is 20.1. The highest BCUT2D eigenvalue weighted by Crippen LogP contribution is 2.32. The summed E-state index contributed by atoms with van der Waals surface area (Å²) in [7, 11) is 0. The van der Waals surface area contributed by atoms with Gasteiger partial charge in [-0.3, -0.25) is 0 Å². The smallest absolute Gasteiger partial charge is 0.257 e. The topological polar surface area (TPSA) is 42.2 Å². The van der Waals surface area contributed by atoms with Crippen LogP contribution in [0.5, 0.6) is 0 Å². The Morgan fingerprint density at radius 1 is 1.04 bits per heavy atom. The first kappa shape index (κ1) is 16.8. The summed E-state index contributed by atoms with van der Waals surface area (Å²) in [6, 6.07) is 9.39. The molecule has 2 fully saturated rings. The second-order valence-corrected chi connectivity index (χ2v) is 8.76. The van der Waals surface area contributed by atoms with Gasteiger partial charge in [0.15, 0.2) is 5.82 Å². The van der Waals surface area contributed by atoms with E-state index in [2.05, 4.69) is 60.1 Å². The van der Waals surface area contributed by atoms with Gasteiger partial charge >= 0.3 is 0 Å². The first-order valence-electron chi connectivity index (χ1n) is 9.66. The SMILES string of the molecule is CC(C)(C)c1ccc(-c2nc(CC3CCN(C4CC4)CC3)no2)cc1. The Bertz CT molecular complexity index is 701. The molecule has 4 rings (SSSR count). The predicted octanol–water partition coefficient (Wildman–Crippen LogP) is 4.45. The standard InChI is InChI=1S/C21H29N3O/c1-21(2,3)17-6-4-16(5-7-17)20-22-19(23-25-20)14-15-10-12-24(13-11-15)18-8-9-18/h4-7,15,18H,8-14H2,1-3H3. The van der Waals surface area contributed by atoms with Gasteiger partial charge in [-0.2, -0.15) is 4.98 Å². The van der Waals surface area contributed by atoms with E-state index >= 15 is 0 Å². The van der Waals surface area contributed by atoms with Gasteiger partial charge in [0.25, 0.3) is 5.89 Å². The van der Waals surface area contributed by atoms with Crippen molar-refractivity contribution in [1.29, 1.82) is 0 Å². The molecule has 0 atom stereocenters. The summed E-state index contributed by atoms with van der Waals surface area (Å²) >= 11 is 0. The molecule has 4 nitrogen and oxygen atoms in total. The second-order valence-electron chi connectivity index (χ2n) is 8.76. The number of hydrogen-bond acceptors (Lipinski definition) is 4. The van der Waals surface area contributed by atoms with Gasteiger partial charge in [-0.25, -0.2) is 0 Å². The number of hydrogen-bond donors (Lipinski definition) is 0. The Hall–Kier alpha value is -1.68. The summed E-state index contributed by atoms with van der Waals surface area (Å²) in [4.78, 5) is 7.30. The number of benzene rings is 1. The van der Waals surface area contributed by atoms with E-state index in [1.165, 1.54) is 44.3 Å². The van der Waals surface area contributed by atoms with Crippen molar-refractivity contribution in [1.82, 2.24) is 15.0 Å². The van der Waals surface area contributed by atoms with Crippen molar-refractivity contribution in [3.05, 3.63) is 35.7 Å². The molecule has 0 amide bonds. The van der Waals surface area contributed by atoms with Gasteiger partial charge in [0, 0.05) is 18.0 Å². The van der Waals surface area contributed by atoms with E-state index in [0.717, 1.165) is 23.9 Å². The summed E-state index contributed by atoms with van der Waals surface area (Å²) in [5, 5.41) is 4.22. The number of rotatable bonds is 4. The second kappa shape index (κ2) is 6.56. The lowest BCUT2D eigenvalue weighted by Crippen LogP contribution is -2.35. The van der Waals surface area contributed by atoms with Gasteiger partial charge in [-0.1, -0.05) is 38.1 Å². The van der Waals surface area contributed by atoms with Crippen molar-refractivity contribution in [2.24, 2.45) is 5.92 Å². The molecule has 2 heterocycles. The molecule has 0 spiro atoms. The molecule has 1 aliphatic heterocycles. The Morgan fingerprint density at radius 3 is 2.32 bits per heavy atom. The summed E-state index contributed by atoms with van der Waals surface area (Å²) in [5.41, 5.74) is 2.49. The summed E-state index contributed by atoms with van der Waals surface area (Å²) < 4.78 is 5.52. The zero-order valence-corrected chi connectivity index (χ0v) is 15.7. The quantitative estimate of drug-likeness (QED) is 0.825. The highest BCUT2D eigenvalue weighted by atomic mass is 16.5. The minimum absolute atomic E-state index is 0.161. The molecule has 25 heavy (non-hydrogen) atoms. The molecule has 0 unspecified atom stereocenters. The van der Waals surface area contributed by atoms with Crippen LogP contribution in [0, 0.1) is 5.92 Å². The molecule has 1 aliphatic carbocycles. The lowest BCUT2D eigenvalue weighted by atomic mass is 9.87. The van der Waals surface area contributed by atoms with E-state index in [-0.39, 0.29) is 5.41 Å². The number of piperidine rings is 1.